The number of rotatable bonds is 5. The van der Waals surface area contributed by atoms with Gasteiger partial charge in [0.15, 0.2) is 0 Å². The summed E-state index contributed by atoms with van der Waals surface area (Å²) in [7, 11) is 1.33. The molecule has 0 aliphatic heterocycles. The van der Waals surface area contributed by atoms with Crippen molar-refractivity contribution < 1.29 is 13.9 Å². The quantitative estimate of drug-likeness (QED) is 0.818. The summed E-state index contributed by atoms with van der Waals surface area (Å²) in [6, 6.07) is 11.6. The zero-order chi connectivity index (χ0) is 15.4. The Morgan fingerprint density at radius 2 is 1.90 bits per heavy atom. The predicted molar refractivity (Wildman–Crippen MR) is 84.2 cm³/mol. The summed E-state index contributed by atoms with van der Waals surface area (Å²) in [6.45, 7) is 4.08. The molecule has 1 N–H and O–H groups in total. The second kappa shape index (κ2) is 6.91. The Labute approximate surface area is 132 Å². The molecular formula is C16H18BrNO3. The number of furan rings is 1. The number of halogens is 1. The minimum atomic E-state index is -0.465. The number of benzene rings is 1. The van der Waals surface area contributed by atoms with Crippen molar-refractivity contribution in [1.82, 2.24) is 5.32 Å². The van der Waals surface area contributed by atoms with Gasteiger partial charge in [0.2, 0.25) is 5.76 Å². The molecule has 5 heteroatoms. The van der Waals surface area contributed by atoms with Crippen molar-refractivity contribution in [3.8, 4) is 0 Å². The van der Waals surface area contributed by atoms with Crippen LogP contribution in [-0.4, -0.2) is 13.1 Å². The smallest absolute Gasteiger partial charge is 0.373 e. The lowest BCUT2D eigenvalue weighted by molar-refractivity contribution is 0.0562. The Balaban J connectivity index is 2.07. The molecular weight excluding hydrogens is 334 g/mol. The minimum Gasteiger partial charge on any atom is -0.463 e. The number of methoxy groups -OCH3 is 1. The molecule has 112 valence electrons. The van der Waals surface area contributed by atoms with E-state index in [9.17, 15) is 4.79 Å². The highest BCUT2D eigenvalue weighted by molar-refractivity contribution is 9.10. The van der Waals surface area contributed by atoms with E-state index in [4.69, 9.17) is 4.42 Å². The lowest BCUT2D eigenvalue weighted by Gasteiger charge is -2.20. The predicted octanol–water partition coefficient (Wildman–Crippen LogP) is 4.24. The molecule has 0 saturated heterocycles. The van der Waals surface area contributed by atoms with Gasteiger partial charge in [-0.2, -0.15) is 0 Å². The number of hydrogen-bond acceptors (Lipinski definition) is 4. The largest absolute Gasteiger partial charge is 0.463 e. The van der Waals surface area contributed by atoms with Crippen LogP contribution in [0.1, 0.15) is 47.8 Å². The van der Waals surface area contributed by atoms with Crippen molar-refractivity contribution in [2.75, 3.05) is 7.11 Å². The van der Waals surface area contributed by atoms with E-state index in [1.54, 1.807) is 12.1 Å². The number of ether oxygens (including phenoxy) is 1. The van der Waals surface area contributed by atoms with E-state index >= 15 is 0 Å². The Kier molecular flexibility index (Phi) is 5.20. The van der Waals surface area contributed by atoms with E-state index in [1.807, 2.05) is 25.1 Å². The maximum absolute atomic E-state index is 11.4. The first kappa shape index (κ1) is 15.8. The van der Waals surface area contributed by atoms with Crippen LogP contribution in [0.2, 0.25) is 0 Å². The van der Waals surface area contributed by atoms with E-state index < -0.39 is 5.97 Å². The number of nitrogens with one attached hydrogen (secondary N) is 1. The molecule has 0 aliphatic rings. The van der Waals surface area contributed by atoms with E-state index in [0.29, 0.717) is 5.76 Å². The Morgan fingerprint density at radius 3 is 2.57 bits per heavy atom. The fourth-order valence-electron chi connectivity index (χ4n) is 2.17. The van der Waals surface area contributed by atoms with Crippen molar-refractivity contribution in [1.29, 1.82) is 0 Å². The molecule has 0 saturated carbocycles. The van der Waals surface area contributed by atoms with Crippen LogP contribution in [0, 0.1) is 0 Å². The number of carbonyl (C=O) groups is 1. The van der Waals surface area contributed by atoms with Crippen LogP contribution in [0.4, 0.5) is 0 Å². The monoisotopic (exact) mass is 351 g/mol. The SMILES string of the molecule is COC(=O)c1ccc(C(C)N[C@@H](C)c2ccccc2Br)o1. The third-order valence-corrected chi connectivity index (χ3v) is 4.03. The molecule has 1 unspecified atom stereocenters. The van der Waals surface area contributed by atoms with Crippen molar-refractivity contribution in [2.24, 2.45) is 0 Å². The molecule has 1 heterocycles. The van der Waals surface area contributed by atoms with Gasteiger partial charge in [-0.15, -0.1) is 0 Å². The van der Waals surface area contributed by atoms with Crippen LogP contribution in [0.3, 0.4) is 0 Å². The van der Waals surface area contributed by atoms with Crippen molar-refractivity contribution in [2.45, 2.75) is 25.9 Å². The Morgan fingerprint density at radius 1 is 1.19 bits per heavy atom. The Bertz CT molecular complexity index is 623. The second-order valence-electron chi connectivity index (χ2n) is 4.83. The van der Waals surface area contributed by atoms with Crippen LogP contribution >= 0.6 is 15.9 Å². The van der Waals surface area contributed by atoms with Gasteiger partial charge < -0.3 is 14.5 Å². The molecule has 0 bridgehead atoms. The van der Waals surface area contributed by atoms with Crippen LogP contribution in [-0.2, 0) is 4.74 Å². The minimum absolute atomic E-state index is 0.0227. The standard InChI is InChI=1S/C16H18BrNO3/c1-10(12-6-4-5-7-13(12)17)18-11(2)14-8-9-15(21-14)16(19)20-3/h4-11,18H,1-3H3/t10-,11?/m0/s1. The van der Waals surface area contributed by atoms with Gasteiger partial charge in [0.25, 0.3) is 0 Å². The van der Waals surface area contributed by atoms with Crippen LogP contribution < -0.4 is 5.32 Å². The van der Waals surface area contributed by atoms with Crippen LogP contribution in [0.5, 0.6) is 0 Å². The van der Waals surface area contributed by atoms with Crippen LogP contribution in [0.25, 0.3) is 0 Å². The highest BCUT2D eigenvalue weighted by atomic mass is 79.9. The van der Waals surface area contributed by atoms with Gasteiger partial charge in [-0.1, -0.05) is 34.1 Å². The molecule has 1 aromatic carbocycles. The van der Waals surface area contributed by atoms with Crippen molar-refractivity contribution in [3.05, 3.63) is 58.0 Å². The van der Waals surface area contributed by atoms with Gasteiger partial charge in [0, 0.05) is 10.5 Å². The zero-order valence-corrected chi connectivity index (χ0v) is 13.8. The molecule has 21 heavy (non-hydrogen) atoms. The van der Waals surface area contributed by atoms with Gasteiger partial charge in [-0.3, -0.25) is 0 Å². The average Bonchev–Trinajstić information content (AvgIpc) is 2.96. The molecule has 0 amide bonds. The average molecular weight is 352 g/mol. The van der Waals surface area contributed by atoms with Crippen LogP contribution in [0.15, 0.2) is 45.3 Å². The molecule has 2 aromatic rings. The van der Waals surface area contributed by atoms with Gasteiger partial charge >= 0.3 is 5.97 Å². The third-order valence-electron chi connectivity index (χ3n) is 3.31. The molecule has 0 spiro atoms. The highest BCUT2D eigenvalue weighted by Crippen LogP contribution is 2.26. The fraction of sp³-hybridized carbons (Fsp3) is 0.312. The van der Waals surface area contributed by atoms with Gasteiger partial charge in [-0.05, 0) is 37.6 Å². The Hall–Kier alpha value is -1.59. The number of hydrogen-bond donors (Lipinski definition) is 1. The molecule has 0 fully saturated rings. The number of carbonyl (C=O) groups excluding carboxylic acids is 1. The maximum Gasteiger partial charge on any atom is 0.373 e. The molecule has 1 aromatic heterocycles. The van der Waals surface area contributed by atoms with E-state index in [1.165, 1.54) is 12.7 Å². The first-order chi connectivity index (χ1) is 10.0. The third kappa shape index (κ3) is 3.74. The number of esters is 1. The zero-order valence-electron chi connectivity index (χ0n) is 12.2. The van der Waals surface area contributed by atoms with Crippen molar-refractivity contribution >= 4 is 21.9 Å². The first-order valence-corrected chi connectivity index (χ1v) is 7.50. The summed E-state index contributed by atoms with van der Waals surface area (Å²) in [5, 5.41) is 3.45. The van der Waals surface area contributed by atoms with E-state index in [-0.39, 0.29) is 17.8 Å². The summed E-state index contributed by atoms with van der Waals surface area (Å²) >= 11 is 3.55. The topological polar surface area (TPSA) is 51.5 Å². The summed E-state index contributed by atoms with van der Waals surface area (Å²) < 4.78 is 11.2. The first-order valence-electron chi connectivity index (χ1n) is 6.71. The van der Waals surface area contributed by atoms with Gasteiger partial charge in [0.05, 0.1) is 13.2 Å². The molecule has 4 nitrogen and oxygen atoms in total. The lowest BCUT2D eigenvalue weighted by Crippen LogP contribution is -2.22. The molecule has 0 radical (unpaired) electrons. The molecule has 2 atom stereocenters. The second-order valence-corrected chi connectivity index (χ2v) is 5.68. The molecule has 2 rings (SSSR count). The normalized spacial score (nSPS) is 13.7. The lowest BCUT2D eigenvalue weighted by atomic mass is 10.1. The van der Waals surface area contributed by atoms with Crippen molar-refractivity contribution in [3.63, 3.8) is 0 Å². The molecule has 0 aliphatic carbocycles. The van der Waals surface area contributed by atoms with Gasteiger partial charge in [0.1, 0.15) is 5.76 Å². The van der Waals surface area contributed by atoms with Gasteiger partial charge in [-0.25, -0.2) is 4.79 Å². The summed E-state index contributed by atoms with van der Waals surface area (Å²) in [5.41, 5.74) is 1.17. The van der Waals surface area contributed by atoms with E-state index in [2.05, 4.69) is 39.0 Å². The summed E-state index contributed by atoms with van der Waals surface area (Å²) in [5.74, 6) is 0.455. The van der Waals surface area contributed by atoms with E-state index in [0.717, 1.165) is 4.47 Å². The summed E-state index contributed by atoms with van der Waals surface area (Å²) in [6.07, 6.45) is 0. The maximum atomic E-state index is 11.4. The highest BCUT2D eigenvalue weighted by Gasteiger charge is 2.18. The summed E-state index contributed by atoms with van der Waals surface area (Å²) in [4.78, 5) is 11.4. The fourth-order valence-corrected chi connectivity index (χ4v) is 2.80.